The molecule has 0 aliphatic heterocycles. The number of aliphatic hydroxyl groups is 1. The minimum atomic E-state index is -0.149. The third-order valence-electron chi connectivity index (χ3n) is 5.74. The Kier molecular flexibility index (Phi) is 3.42. The molecule has 2 saturated carbocycles. The summed E-state index contributed by atoms with van der Waals surface area (Å²) >= 11 is 0. The second-order valence-corrected chi connectivity index (χ2v) is 7.02. The molecule has 2 fully saturated rings. The molecule has 17 heavy (non-hydrogen) atoms. The van der Waals surface area contributed by atoms with Crippen LogP contribution in [0.1, 0.15) is 53.4 Å². The molecule has 0 aromatic rings. The molecule has 1 nitrogen and oxygen atoms in total. The smallest absolute Gasteiger partial charge is 0.0597 e. The normalized spacial score (nSPS) is 43.9. The highest BCUT2D eigenvalue weighted by Crippen LogP contribution is 2.60. The van der Waals surface area contributed by atoms with Crippen molar-refractivity contribution in [2.24, 2.45) is 29.1 Å². The van der Waals surface area contributed by atoms with Gasteiger partial charge in [-0.05, 0) is 54.8 Å². The topological polar surface area (TPSA) is 20.2 Å². The molecule has 0 saturated heterocycles. The first-order valence-electron chi connectivity index (χ1n) is 7.23. The van der Waals surface area contributed by atoms with Gasteiger partial charge in [-0.15, -0.1) is 0 Å². The van der Waals surface area contributed by atoms with E-state index in [4.69, 9.17) is 0 Å². The van der Waals surface area contributed by atoms with E-state index in [9.17, 15) is 5.11 Å². The minimum Gasteiger partial charge on any atom is -0.393 e. The van der Waals surface area contributed by atoms with Gasteiger partial charge in [-0.1, -0.05) is 39.8 Å². The highest BCUT2D eigenvalue weighted by Gasteiger charge is 2.53. The summed E-state index contributed by atoms with van der Waals surface area (Å²) in [6, 6.07) is 0. The molecule has 0 aromatic carbocycles. The molecule has 1 heteroatoms. The Morgan fingerprint density at radius 3 is 2.59 bits per heavy atom. The van der Waals surface area contributed by atoms with Crippen molar-refractivity contribution < 1.29 is 5.11 Å². The van der Waals surface area contributed by atoms with Gasteiger partial charge in [0.2, 0.25) is 0 Å². The molecular formula is C16H28O. The Bertz CT molecular complexity index is 307. The average molecular weight is 236 g/mol. The van der Waals surface area contributed by atoms with Crippen LogP contribution in [0.25, 0.3) is 0 Å². The van der Waals surface area contributed by atoms with E-state index in [0.29, 0.717) is 23.2 Å². The van der Waals surface area contributed by atoms with E-state index in [1.165, 1.54) is 31.3 Å². The zero-order chi connectivity index (χ0) is 12.8. The van der Waals surface area contributed by atoms with Crippen molar-refractivity contribution in [3.05, 3.63) is 12.2 Å². The summed E-state index contributed by atoms with van der Waals surface area (Å²) in [5.41, 5.74) is 1.81. The number of aliphatic hydroxyl groups excluding tert-OH is 1. The lowest BCUT2D eigenvalue weighted by Crippen LogP contribution is -2.40. The predicted octanol–water partition coefficient (Wildman–Crippen LogP) is 4.02. The molecule has 2 rings (SSSR count). The Morgan fingerprint density at radius 1 is 1.35 bits per heavy atom. The first-order chi connectivity index (χ1) is 7.88. The average Bonchev–Trinajstić information content (AvgIpc) is 2.63. The van der Waals surface area contributed by atoms with Crippen molar-refractivity contribution in [2.45, 2.75) is 59.5 Å². The second kappa shape index (κ2) is 4.42. The summed E-state index contributed by atoms with van der Waals surface area (Å²) in [7, 11) is 0. The molecule has 2 aliphatic rings. The molecule has 0 radical (unpaired) electrons. The predicted molar refractivity (Wildman–Crippen MR) is 72.7 cm³/mol. The van der Waals surface area contributed by atoms with Crippen LogP contribution in [-0.2, 0) is 0 Å². The van der Waals surface area contributed by atoms with Crippen LogP contribution >= 0.6 is 0 Å². The van der Waals surface area contributed by atoms with Gasteiger partial charge in [0.25, 0.3) is 0 Å². The number of rotatable bonds is 2. The fourth-order valence-corrected chi connectivity index (χ4v) is 4.36. The van der Waals surface area contributed by atoms with Crippen molar-refractivity contribution in [3.63, 3.8) is 0 Å². The molecule has 5 atom stereocenters. The maximum Gasteiger partial charge on any atom is 0.0597 e. The van der Waals surface area contributed by atoms with E-state index < -0.39 is 0 Å². The molecule has 0 unspecified atom stereocenters. The second-order valence-electron chi connectivity index (χ2n) is 7.02. The van der Waals surface area contributed by atoms with Gasteiger partial charge in [-0.2, -0.15) is 0 Å². The van der Waals surface area contributed by atoms with Crippen LogP contribution in [0.5, 0.6) is 0 Å². The van der Waals surface area contributed by atoms with E-state index >= 15 is 0 Å². The summed E-state index contributed by atoms with van der Waals surface area (Å²) in [6.45, 7) is 13.4. The van der Waals surface area contributed by atoms with Gasteiger partial charge in [-0.25, -0.2) is 0 Å². The van der Waals surface area contributed by atoms with Crippen molar-refractivity contribution >= 4 is 0 Å². The molecule has 0 spiro atoms. The largest absolute Gasteiger partial charge is 0.393 e. The van der Waals surface area contributed by atoms with Gasteiger partial charge in [0, 0.05) is 0 Å². The minimum absolute atomic E-state index is 0.149. The quantitative estimate of drug-likeness (QED) is 0.718. The van der Waals surface area contributed by atoms with Gasteiger partial charge >= 0.3 is 0 Å². The van der Waals surface area contributed by atoms with Crippen molar-refractivity contribution in [1.29, 1.82) is 0 Å². The maximum atomic E-state index is 10.4. The van der Waals surface area contributed by atoms with Crippen LogP contribution in [0.4, 0.5) is 0 Å². The highest BCUT2D eigenvalue weighted by atomic mass is 16.3. The SMILES string of the molecule is C=C1CC[C@H](C)[C@@]2(C)CC[C@@H]([C@@H](O)C(C)C)[C@H]12. The first kappa shape index (κ1) is 13.1. The van der Waals surface area contributed by atoms with Crippen LogP contribution in [0.3, 0.4) is 0 Å². The van der Waals surface area contributed by atoms with Gasteiger partial charge in [-0.3, -0.25) is 0 Å². The summed E-state index contributed by atoms with van der Waals surface area (Å²) in [6.07, 6.45) is 4.76. The Balaban J connectivity index is 2.26. The summed E-state index contributed by atoms with van der Waals surface area (Å²) < 4.78 is 0. The monoisotopic (exact) mass is 236 g/mol. The van der Waals surface area contributed by atoms with Gasteiger partial charge in [0.05, 0.1) is 6.10 Å². The fraction of sp³-hybridized carbons (Fsp3) is 0.875. The van der Waals surface area contributed by atoms with E-state index in [1.807, 2.05) is 0 Å². The number of hydrogen-bond donors (Lipinski definition) is 1. The molecule has 0 bridgehead atoms. The van der Waals surface area contributed by atoms with Crippen molar-refractivity contribution in [1.82, 2.24) is 0 Å². The maximum absolute atomic E-state index is 10.4. The summed E-state index contributed by atoms with van der Waals surface area (Å²) in [5.74, 6) is 2.16. The first-order valence-corrected chi connectivity index (χ1v) is 7.23. The van der Waals surface area contributed by atoms with E-state index in [0.717, 1.165) is 5.92 Å². The van der Waals surface area contributed by atoms with Crippen LogP contribution in [0.15, 0.2) is 12.2 Å². The molecule has 0 amide bonds. The Hall–Kier alpha value is -0.300. The van der Waals surface area contributed by atoms with Gasteiger partial charge in [0.1, 0.15) is 0 Å². The zero-order valence-corrected chi connectivity index (χ0v) is 11.9. The van der Waals surface area contributed by atoms with Crippen LogP contribution in [0, 0.1) is 29.1 Å². The van der Waals surface area contributed by atoms with Crippen molar-refractivity contribution in [2.75, 3.05) is 0 Å². The highest BCUT2D eigenvalue weighted by molar-refractivity contribution is 5.17. The van der Waals surface area contributed by atoms with Crippen LogP contribution in [0.2, 0.25) is 0 Å². The summed E-state index contributed by atoms with van der Waals surface area (Å²) in [4.78, 5) is 0. The lowest BCUT2D eigenvalue weighted by atomic mass is 9.59. The van der Waals surface area contributed by atoms with E-state index in [1.54, 1.807) is 0 Å². The Morgan fingerprint density at radius 2 is 2.00 bits per heavy atom. The molecule has 98 valence electrons. The number of fused-ring (bicyclic) bond motifs is 1. The number of hydrogen-bond acceptors (Lipinski definition) is 1. The molecule has 1 N–H and O–H groups in total. The van der Waals surface area contributed by atoms with E-state index in [2.05, 4.69) is 34.3 Å². The third kappa shape index (κ3) is 1.97. The van der Waals surface area contributed by atoms with Crippen molar-refractivity contribution in [3.8, 4) is 0 Å². The Labute approximate surface area is 106 Å². The lowest BCUT2D eigenvalue weighted by molar-refractivity contribution is 0.0181. The third-order valence-corrected chi connectivity index (χ3v) is 5.74. The van der Waals surface area contributed by atoms with Crippen LogP contribution in [-0.4, -0.2) is 11.2 Å². The zero-order valence-electron chi connectivity index (χ0n) is 11.9. The molecule has 0 heterocycles. The van der Waals surface area contributed by atoms with Crippen LogP contribution < -0.4 is 0 Å². The number of allylic oxidation sites excluding steroid dienone is 1. The van der Waals surface area contributed by atoms with Gasteiger partial charge < -0.3 is 5.11 Å². The fourth-order valence-electron chi connectivity index (χ4n) is 4.36. The van der Waals surface area contributed by atoms with Gasteiger partial charge in [0.15, 0.2) is 0 Å². The molecule has 0 aromatic heterocycles. The standard InChI is InChI=1S/C16H28O/c1-10(2)15(17)13-8-9-16(5)12(4)7-6-11(3)14(13)16/h10,12-15,17H,3,6-9H2,1-2,4-5H3/t12-,13+,14-,15-,16+/m0/s1. The van der Waals surface area contributed by atoms with E-state index in [-0.39, 0.29) is 6.10 Å². The molecule has 2 aliphatic carbocycles. The lowest BCUT2D eigenvalue weighted by Gasteiger charge is -2.46. The summed E-state index contributed by atoms with van der Waals surface area (Å²) in [5, 5.41) is 10.4. The molecular weight excluding hydrogens is 208 g/mol.